The van der Waals surface area contributed by atoms with Gasteiger partial charge in [0, 0.05) is 18.3 Å². The third kappa shape index (κ3) is 2.11. The van der Waals surface area contributed by atoms with Gasteiger partial charge in [-0.3, -0.25) is 14.4 Å². The Morgan fingerprint density at radius 1 is 1.20 bits per heavy atom. The lowest BCUT2D eigenvalue weighted by Gasteiger charge is -2.49. The minimum Gasteiger partial charge on any atom is -0.508 e. The highest BCUT2D eigenvalue weighted by Crippen LogP contribution is 2.55. The summed E-state index contributed by atoms with van der Waals surface area (Å²) in [5, 5.41) is 53.7. The lowest BCUT2D eigenvalue weighted by molar-refractivity contribution is -0.157. The Balaban J connectivity index is 2.04. The van der Waals surface area contributed by atoms with E-state index in [4.69, 9.17) is 11.5 Å². The summed E-state index contributed by atoms with van der Waals surface area (Å²) in [6.45, 7) is 3.85. The summed E-state index contributed by atoms with van der Waals surface area (Å²) >= 11 is 0. The van der Waals surface area contributed by atoms with Crippen LogP contribution in [0.25, 0.3) is 11.3 Å². The molecule has 1 saturated carbocycles. The molecule has 3 aliphatic carbocycles. The summed E-state index contributed by atoms with van der Waals surface area (Å²) in [6, 6.07) is 2.79. The molecule has 1 amide bonds. The molecule has 1 aromatic carbocycles. The Bertz CT molecular complexity index is 1150. The molecule has 156 valence electrons. The average Bonchev–Trinajstić information content (AvgIpc) is 2.67. The number of carbonyl (C=O) groups excluding carboxylic acids is 3. The van der Waals surface area contributed by atoms with E-state index in [0.29, 0.717) is 0 Å². The molecule has 4 atom stereocenters. The number of hydrogen-bond acceptors (Lipinski definition) is 9. The number of benzene rings is 1. The predicted octanol–water partition coefficient (Wildman–Crippen LogP) is -0.552. The third-order valence-corrected chi connectivity index (χ3v) is 6.14. The van der Waals surface area contributed by atoms with Crippen molar-refractivity contribution < 1.29 is 39.9 Å². The zero-order valence-electron chi connectivity index (χ0n) is 15.4. The van der Waals surface area contributed by atoms with Gasteiger partial charge in [0.1, 0.15) is 22.8 Å². The van der Waals surface area contributed by atoms with Gasteiger partial charge in [-0.25, -0.2) is 0 Å². The largest absolute Gasteiger partial charge is 0.508 e. The molecule has 4 rings (SSSR count). The van der Waals surface area contributed by atoms with E-state index < -0.39 is 75.8 Å². The molecule has 30 heavy (non-hydrogen) atoms. The topological polar surface area (TPSA) is 204 Å². The molecule has 1 aromatic rings. The molecule has 0 saturated heterocycles. The van der Waals surface area contributed by atoms with Crippen LogP contribution in [0.3, 0.4) is 0 Å². The summed E-state index contributed by atoms with van der Waals surface area (Å²) in [7, 11) is 0. The number of rotatable bonds is 1. The molecule has 0 bridgehead atoms. The minimum atomic E-state index is -2.88. The van der Waals surface area contributed by atoms with E-state index in [1.54, 1.807) is 0 Å². The first-order valence-electron chi connectivity index (χ1n) is 8.90. The smallest absolute Gasteiger partial charge is 0.255 e. The van der Waals surface area contributed by atoms with Crippen LogP contribution in [0.15, 0.2) is 35.6 Å². The van der Waals surface area contributed by atoms with Gasteiger partial charge in [-0.05, 0) is 17.2 Å². The summed E-state index contributed by atoms with van der Waals surface area (Å²) in [5.74, 6) is -8.90. The Kier molecular flexibility index (Phi) is 3.90. The standard InChI is InChI=1S/C20H18N2O8/c1-5-6-2-3-8(21)15(25)11(6)16(26)13-10(5)14(24)7-4-9(23)12(19(22)29)17(27)20(7,30)18(13)28/h2-3,7,10,14,24-27,30H,1,4,21H2,(H2,22,29)/t7-,10-,14-,20-/m1/s1. The molecule has 9 N–H and O–H groups in total. The van der Waals surface area contributed by atoms with Crippen LogP contribution in [0.1, 0.15) is 17.5 Å². The predicted molar refractivity (Wildman–Crippen MR) is 103 cm³/mol. The van der Waals surface area contributed by atoms with Gasteiger partial charge >= 0.3 is 0 Å². The van der Waals surface area contributed by atoms with Crippen molar-refractivity contribution in [3.8, 4) is 5.75 Å². The van der Waals surface area contributed by atoms with Crippen molar-refractivity contribution in [2.24, 2.45) is 17.6 Å². The fraction of sp³-hybridized carbons (Fsp3) is 0.250. The SMILES string of the molecule is C=C1c2ccc(N)c(O)c2C(O)=C2C(=O)[C@]3(O)C(O)=C(C(N)=O)C(=O)C[C@@H]3[C@@H](O)[C@H]12. The number of nitrogens with two attached hydrogens (primary N) is 2. The number of carbonyl (C=O) groups is 3. The van der Waals surface area contributed by atoms with Crippen LogP contribution in [0, 0.1) is 11.8 Å². The Labute approximate surface area is 169 Å². The molecule has 10 nitrogen and oxygen atoms in total. The number of anilines is 1. The molecule has 0 unspecified atom stereocenters. The van der Waals surface area contributed by atoms with Crippen molar-refractivity contribution in [2.75, 3.05) is 5.73 Å². The number of amides is 1. The zero-order valence-corrected chi connectivity index (χ0v) is 15.4. The molecule has 0 aromatic heterocycles. The van der Waals surface area contributed by atoms with Gasteiger partial charge in [0.25, 0.3) is 5.91 Å². The van der Waals surface area contributed by atoms with E-state index >= 15 is 0 Å². The van der Waals surface area contributed by atoms with Gasteiger partial charge in [0.2, 0.25) is 5.78 Å². The fourth-order valence-electron chi connectivity index (χ4n) is 4.65. The Hall–Kier alpha value is -3.63. The second-order valence-electron chi connectivity index (χ2n) is 7.60. The lowest BCUT2D eigenvalue weighted by Crippen LogP contribution is -2.63. The summed E-state index contributed by atoms with van der Waals surface area (Å²) in [5.41, 5.74) is 6.42. The molecule has 0 spiro atoms. The number of nitrogen functional groups attached to an aromatic ring is 1. The van der Waals surface area contributed by atoms with Crippen molar-refractivity contribution in [1.29, 1.82) is 0 Å². The van der Waals surface area contributed by atoms with Gasteiger partial charge in [0.05, 0.1) is 22.9 Å². The van der Waals surface area contributed by atoms with E-state index in [1.807, 2.05) is 0 Å². The number of primary amides is 1. The molecular formula is C20H18N2O8. The van der Waals surface area contributed by atoms with Crippen LogP contribution < -0.4 is 11.5 Å². The highest BCUT2D eigenvalue weighted by Gasteiger charge is 2.64. The van der Waals surface area contributed by atoms with Gasteiger partial charge in [-0.2, -0.15) is 0 Å². The van der Waals surface area contributed by atoms with Gasteiger partial charge in [-0.15, -0.1) is 0 Å². The highest BCUT2D eigenvalue weighted by atomic mass is 16.4. The van der Waals surface area contributed by atoms with Crippen molar-refractivity contribution >= 4 is 34.5 Å². The summed E-state index contributed by atoms with van der Waals surface area (Å²) in [4.78, 5) is 37.2. The maximum absolute atomic E-state index is 13.3. The van der Waals surface area contributed by atoms with Gasteiger partial charge in [-0.1, -0.05) is 12.6 Å². The van der Waals surface area contributed by atoms with Gasteiger partial charge < -0.3 is 37.0 Å². The third-order valence-electron chi connectivity index (χ3n) is 6.14. The van der Waals surface area contributed by atoms with Crippen LogP contribution in [-0.4, -0.2) is 54.7 Å². The first-order chi connectivity index (χ1) is 13.9. The first kappa shape index (κ1) is 19.7. The van der Waals surface area contributed by atoms with Crippen molar-refractivity contribution in [1.82, 2.24) is 0 Å². The fourth-order valence-corrected chi connectivity index (χ4v) is 4.65. The van der Waals surface area contributed by atoms with E-state index in [0.717, 1.165) is 0 Å². The number of aromatic hydroxyl groups is 1. The number of fused-ring (bicyclic) bond motifs is 3. The second-order valence-corrected chi connectivity index (χ2v) is 7.60. The maximum Gasteiger partial charge on any atom is 0.255 e. The zero-order chi connectivity index (χ0) is 22.3. The molecule has 3 aliphatic rings. The number of Topliss-reactive ketones (excluding diaryl/α,β-unsaturated/α-hetero) is 2. The molecule has 0 heterocycles. The molecule has 0 aliphatic heterocycles. The first-order valence-corrected chi connectivity index (χ1v) is 8.90. The summed E-state index contributed by atoms with van der Waals surface area (Å²) < 4.78 is 0. The maximum atomic E-state index is 13.3. The van der Waals surface area contributed by atoms with Crippen molar-refractivity contribution in [2.45, 2.75) is 18.1 Å². The number of phenolic OH excluding ortho intramolecular Hbond substituents is 1. The Morgan fingerprint density at radius 3 is 2.43 bits per heavy atom. The van der Waals surface area contributed by atoms with Gasteiger partial charge in [0.15, 0.2) is 11.4 Å². The molecule has 1 fully saturated rings. The minimum absolute atomic E-state index is 0.102. The van der Waals surface area contributed by atoms with Crippen molar-refractivity contribution in [3.05, 3.63) is 46.7 Å². The monoisotopic (exact) mass is 414 g/mol. The van der Waals surface area contributed by atoms with E-state index in [1.165, 1.54) is 12.1 Å². The quantitative estimate of drug-likeness (QED) is 0.178. The number of aliphatic hydroxyl groups is 4. The van der Waals surface area contributed by atoms with E-state index in [9.17, 15) is 39.9 Å². The van der Waals surface area contributed by atoms with Crippen LogP contribution in [-0.2, 0) is 14.4 Å². The normalized spacial score (nSPS) is 30.7. The molecule has 10 heteroatoms. The average molecular weight is 414 g/mol. The number of phenols is 1. The Morgan fingerprint density at radius 2 is 1.83 bits per heavy atom. The molecule has 0 radical (unpaired) electrons. The lowest BCUT2D eigenvalue weighted by atomic mass is 9.57. The van der Waals surface area contributed by atoms with Crippen LogP contribution in [0.5, 0.6) is 5.75 Å². The summed E-state index contributed by atoms with van der Waals surface area (Å²) in [6.07, 6.45) is -2.30. The van der Waals surface area contributed by atoms with Crippen molar-refractivity contribution in [3.63, 3.8) is 0 Å². The highest BCUT2D eigenvalue weighted by molar-refractivity contribution is 6.23. The molecular weight excluding hydrogens is 396 g/mol. The number of aliphatic hydroxyl groups excluding tert-OH is 3. The van der Waals surface area contributed by atoms with E-state index in [2.05, 4.69) is 6.58 Å². The second kappa shape index (κ2) is 5.94. The van der Waals surface area contributed by atoms with E-state index in [-0.39, 0.29) is 22.4 Å². The number of hydrogen-bond donors (Lipinski definition) is 7. The van der Waals surface area contributed by atoms with Crippen LogP contribution in [0.4, 0.5) is 5.69 Å². The van der Waals surface area contributed by atoms with Crippen LogP contribution >= 0.6 is 0 Å². The number of ketones is 2. The van der Waals surface area contributed by atoms with Crippen LogP contribution in [0.2, 0.25) is 0 Å².